The van der Waals surface area contributed by atoms with E-state index in [4.69, 9.17) is 0 Å². The maximum Gasteiger partial charge on any atom is 0.126 e. The Hall–Kier alpha value is -0.450. The molecule has 0 radical (unpaired) electrons. The molecule has 1 aromatic carbocycles. The Morgan fingerprint density at radius 3 is 2.94 bits per heavy atom. The highest BCUT2D eigenvalue weighted by Crippen LogP contribution is 2.30. The van der Waals surface area contributed by atoms with Gasteiger partial charge >= 0.3 is 0 Å². The Kier molecular flexibility index (Phi) is 4.09. The van der Waals surface area contributed by atoms with E-state index in [9.17, 15) is 9.50 Å². The Balaban J connectivity index is 2.15. The topological polar surface area (TPSA) is 23.5 Å². The van der Waals surface area contributed by atoms with Crippen LogP contribution in [0, 0.1) is 5.82 Å². The van der Waals surface area contributed by atoms with Gasteiger partial charge in [0.05, 0.1) is 5.60 Å². The largest absolute Gasteiger partial charge is 0.389 e. The first-order valence-electron chi connectivity index (χ1n) is 6.26. The van der Waals surface area contributed by atoms with Crippen molar-refractivity contribution in [1.29, 1.82) is 0 Å². The normalized spacial score (nSPS) is 29.5. The summed E-state index contributed by atoms with van der Waals surface area (Å²) >= 11 is 3.34. The number of nitrogens with zero attached hydrogens (tertiary/aromatic N) is 1. The molecule has 1 N–H and O–H groups in total. The van der Waals surface area contributed by atoms with Crippen LogP contribution in [0.2, 0.25) is 0 Å². The molecule has 1 heterocycles. The van der Waals surface area contributed by atoms with Crippen LogP contribution >= 0.6 is 15.9 Å². The summed E-state index contributed by atoms with van der Waals surface area (Å²) < 4.78 is 14.6. The number of halogens is 2. The molecule has 2 atom stereocenters. The zero-order valence-electron chi connectivity index (χ0n) is 10.8. The van der Waals surface area contributed by atoms with Gasteiger partial charge in [-0.25, -0.2) is 4.39 Å². The van der Waals surface area contributed by atoms with E-state index < -0.39 is 5.60 Å². The van der Waals surface area contributed by atoms with E-state index in [0.29, 0.717) is 30.9 Å². The average molecular weight is 316 g/mol. The van der Waals surface area contributed by atoms with Gasteiger partial charge in [-0.15, -0.1) is 0 Å². The van der Waals surface area contributed by atoms with Crippen molar-refractivity contribution in [3.8, 4) is 0 Å². The van der Waals surface area contributed by atoms with Crippen LogP contribution in [0.4, 0.5) is 4.39 Å². The molecule has 0 amide bonds. The van der Waals surface area contributed by atoms with Crippen molar-refractivity contribution in [2.45, 2.75) is 37.8 Å². The van der Waals surface area contributed by atoms with Crippen LogP contribution in [0.25, 0.3) is 0 Å². The lowest BCUT2D eigenvalue weighted by Gasteiger charge is -2.41. The van der Waals surface area contributed by atoms with E-state index in [-0.39, 0.29) is 5.82 Å². The van der Waals surface area contributed by atoms with Gasteiger partial charge in [0.1, 0.15) is 5.82 Å². The van der Waals surface area contributed by atoms with Crippen LogP contribution in [0.1, 0.15) is 25.3 Å². The molecule has 100 valence electrons. The van der Waals surface area contributed by atoms with Crippen molar-refractivity contribution in [1.82, 2.24) is 4.90 Å². The van der Waals surface area contributed by atoms with E-state index in [1.165, 1.54) is 6.07 Å². The van der Waals surface area contributed by atoms with Crippen LogP contribution in [-0.2, 0) is 6.42 Å². The second-order valence-electron chi connectivity index (χ2n) is 5.42. The minimum atomic E-state index is -0.784. The number of benzene rings is 1. The molecule has 18 heavy (non-hydrogen) atoms. The molecule has 4 heteroatoms. The molecule has 2 rings (SSSR count). The SMILES string of the molecule is CC1CC(O)(Cc2cc(Br)ccc2F)CCN1C. The van der Waals surface area contributed by atoms with Crippen LogP contribution in [0.15, 0.2) is 22.7 Å². The van der Waals surface area contributed by atoms with E-state index in [0.717, 1.165) is 11.0 Å². The van der Waals surface area contributed by atoms with Crippen molar-refractivity contribution in [2.24, 2.45) is 0 Å². The standard InChI is InChI=1S/C14H19BrFNO/c1-10-8-14(18,5-6-17(10)2)9-11-7-12(15)3-4-13(11)16/h3-4,7,10,18H,5-6,8-9H2,1-2H3. The molecule has 0 aliphatic carbocycles. The average Bonchev–Trinajstić information content (AvgIpc) is 2.29. The van der Waals surface area contributed by atoms with Crippen LogP contribution < -0.4 is 0 Å². The molecular formula is C14H19BrFNO. The molecule has 1 aliphatic heterocycles. The van der Waals surface area contributed by atoms with Crippen molar-refractivity contribution in [3.05, 3.63) is 34.1 Å². The minimum absolute atomic E-state index is 0.238. The monoisotopic (exact) mass is 315 g/mol. The van der Waals surface area contributed by atoms with Gasteiger partial charge in [-0.3, -0.25) is 0 Å². The number of piperidine rings is 1. The quantitative estimate of drug-likeness (QED) is 0.907. The third-order valence-corrected chi connectivity index (χ3v) is 4.38. The van der Waals surface area contributed by atoms with Gasteiger partial charge in [-0.05, 0) is 50.6 Å². The second-order valence-corrected chi connectivity index (χ2v) is 6.34. The van der Waals surface area contributed by atoms with Gasteiger partial charge in [0.2, 0.25) is 0 Å². The molecule has 2 nitrogen and oxygen atoms in total. The van der Waals surface area contributed by atoms with Gasteiger partial charge in [-0.1, -0.05) is 15.9 Å². The van der Waals surface area contributed by atoms with Gasteiger partial charge in [0.25, 0.3) is 0 Å². The number of hydrogen-bond donors (Lipinski definition) is 1. The van der Waals surface area contributed by atoms with Crippen molar-refractivity contribution >= 4 is 15.9 Å². The third kappa shape index (κ3) is 3.11. The van der Waals surface area contributed by atoms with E-state index >= 15 is 0 Å². The van der Waals surface area contributed by atoms with Gasteiger partial charge in [0, 0.05) is 23.5 Å². The second kappa shape index (κ2) is 5.27. The van der Waals surface area contributed by atoms with Gasteiger partial charge in [-0.2, -0.15) is 0 Å². The molecule has 2 unspecified atom stereocenters. The van der Waals surface area contributed by atoms with E-state index in [1.807, 2.05) is 0 Å². The van der Waals surface area contributed by atoms with Crippen LogP contribution in [-0.4, -0.2) is 35.2 Å². The molecule has 0 saturated carbocycles. The predicted molar refractivity (Wildman–Crippen MR) is 74.1 cm³/mol. The predicted octanol–water partition coefficient (Wildman–Crippen LogP) is 2.98. The Morgan fingerprint density at radius 2 is 2.28 bits per heavy atom. The molecule has 1 aromatic rings. The maximum absolute atomic E-state index is 13.7. The number of hydrogen-bond acceptors (Lipinski definition) is 2. The van der Waals surface area contributed by atoms with Crippen molar-refractivity contribution in [3.63, 3.8) is 0 Å². The molecular weight excluding hydrogens is 297 g/mol. The van der Waals surface area contributed by atoms with Gasteiger partial charge in [0.15, 0.2) is 0 Å². The zero-order valence-corrected chi connectivity index (χ0v) is 12.4. The number of likely N-dealkylation sites (tertiary alicyclic amines) is 1. The van der Waals surface area contributed by atoms with Crippen molar-refractivity contribution < 1.29 is 9.50 Å². The number of rotatable bonds is 2. The minimum Gasteiger partial charge on any atom is -0.389 e. The smallest absolute Gasteiger partial charge is 0.126 e. The highest BCUT2D eigenvalue weighted by atomic mass is 79.9. The molecule has 0 aromatic heterocycles. The van der Waals surface area contributed by atoms with Crippen molar-refractivity contribution in [2.75, 3.05) is 13.6 Å². The van der Waals surface area contributed by atoms with Gasteiger partial charge < -0.3 is 10.0 Å². The molecule has 1 fully saturated rings. The lowest BCUT2D eigenvalue weighted by atomic mass is 9.82. The lowest BCUT2D eigenvalue weighted by molar-refractivity contribution is -0.0358. The summed E-state index contributed by atoms with van der Waals surface area (Å²) in [7, 11) is 2.06. The summed E-state index contributed by atoms with van der Waals surface area (Å²) in [6.45, 7) is 2.95. The first kappa shape index (κ1) is 14.0. The third-order valence-electron chi connectivity index (χ3n) is 3.88. The summed E-state index contributed by atoms with van der Waals surface area (Å²) in [5.41, 5.74) is -0.197. The highest BCUT2D eigenvalue weighted by Gasteiger charge is 2.35. The molecule has 0 bridgehead atoms. The number of aliphatic hydroxyl groups is 1. The summed E-state index contributed by atoms with van der Waals surface area (Å²) in [6.07, 6.45) is 1.77. The van der Waals surface area contributed by atoms with Crippen LogP contribution in [0.5, 0.6) is 0 Å². The zero-order chi connectivity index (χ0) is 13.3. The summed E-state index contributed by atoms with van der Waals surface area (Å²) in [5.74, 6) is -0.238. The van der Waals surface area contributed by atoms with E-state index in [2.05, 4.69) is 34.8 Å². The summed E-state index contributed by atoms with van der Waals surface area (Å²) in [5, 5.41) is 10.6. The molecule has 1 aliphatic rings. The lowest BCUT2D eigenvalue weighted by Crippen LogP contribution is -2.48. The first-order chi connectivity index (χ1) is 8.39. The first-order valence-corrected chi connectivity index (χ1v) is 7.05. The summed E-state index contributed by atoms with van der Waals surface area (Å²) in [4.78, 5) is 2.23. The fourth-order valence-electron chi connectivity index (χ4n) is 2.61. The Bertz CT molecular complexity index is 440. The molecule has 1 saturated heterocycles. The Morgan fingerprint density at radius 1 is 1.56 bits per heavy atom. The fourth-order valence-corrected chi connectivity index (χ4v) is 3.01. The maximum atomic E-state index is 13.7. The highest BCUT2D eigenvalue weighted by molar-refractivity contribution is 9.10. The summed E-state index contributed by atoms with van der Waals surface area (Å²) in [6, 6.07) is 5.22. The molecule has 0 spiro atoms. The fraction of sp³-hybridized carbons (Fsp3) is 0.571. The van der Waals surface area contributed by atoms with E-state index in [1.54, 1.807) is 12.1 Å². The Labute approximate surface area is 116 Å². The van der Waals surface area contributed by atoms with Crippen LogP contribution in [0.3, 0.4) is 0 Å².